The van der Waals surface area contributed by atoms with E-state index in [-0.39, 0.29) is 6.61 Å². The molecule has 4 nitrogen and oxygen atoms in total. The third-order valence-corrected chi connectivity index (χ3v) is 2.99. The molecule has 1 aromatic heterocycles. The van der Waals surface area contributed by atoms with Crippen LogP contribution >= 0.6 is 0 Å². The Bertz CT molecular complexity index is 505. The molecule has 0 unspecified atom stereocenters. The number of aromatic nitrogens is 2. The number of hydrogen-bond donors (Lipinski definition) is 2. The van der Waals surface area contributed by atoms with Gasteiger partial charge in [-0.2, -0.15) is 0 Å². The predicted octanol–water partition coefficient (Wildman–Crippen LogP) is 1.09. The summed E-state index contributed by atoms with van der Waals surface area (Å²) in [5.41, 5.74) is 8.95. The molecule has 0 saturated carbocycles. The molecule has 0 aliphatic carbocycles. The zero-order chi connectivity index (χ0) is 12.3. The Morgan fingerprint density at radius 2 is 2.24 bits per heavy atom. The highest BCUT2D eigenvalue weighted by molar-refractivity contribution is 5.77. The number of nitrogens with zero attached hydrogens (tertiary/aromatic N) is 2. The van der Waals surface area contributed by atoms with E-state index in [0.29, 0.717) is 13.1 Å². The molecular formula is C13H19N3O. The van der Waals surface area contributed by atoms with Crippen LogP contribution in [-0.4, -0.2) is 27.8 Å². The van der Waals surface area contributed by atoms with Gasteiger partial charge in [0.2, 0.25) is 0 Å². The highest BCUT2D eigenvalue weighted by Crippen LogP contribution is 2.18. The molecule has 2 aromatic rings. The first-order valence-corrected chi connectivity index (χ1v) is 6.09. The van der Waals surface area contributed by atoms with E-state index < -0.39 is 0 Å². The van der Waals surface area contributed by atoms with Crippen molar-refractivity contribution in [2.45, 2.75) is 26.3 Å². The van der Waals surface area contributed by atoms with Crippen LogP contribution in [0.1, 0.15) is 18.3 Å². The first kappa shape index (κ1) is 12.1. The summed E-state index contributed by atoms with van der Waals surface area (Å²) in [6.07, 6.45) is 1.76. The van der Waals surface area contributed by atoms with E-state index in [0.717, 1.165) is 29.7 Å². The van der Waals surface area contributed by atoms with Crippen molar-refractivity contribution in [3.63, 3.8) is 0 Å². The summed E-state index contributed by atoms with van der Waals surface area (Å²) < 4.78 is 2.06. The molecule has 0 spiro atoms. The molecule has 1 aromatic carbocycles. The maximum Gasteiger partial charge on any atom is 0.111 e. The van der Waals surface area contributed by atoms with Crippen molar-refractivity contribution in [3.8, 4) is 0 Å². The largest absolute Gasteiger partial charge is 0.395 e. The van der Waals surface area contributed by atoms with E-state index in [1.54, 1.807) is 0 Å². The molecule has 3 N–H and O–H groups in total. The van der Waals surface area contributed by atoms with Gasteiger partial charge in [0.25, 0.3) is 0 Å². The molecule has 0 saturated heterocycles. The summed E-state index contributed by atoms with van der Waals surface area (Å²) >= 11 is 0. The lowest BCUT2D eigenvalue weighted by Crippen LogP contribution is -2.11. The Kier molecular flexibility index (Phi) is 3.76. The van der Waals surface area contributed by atoms with E-state index in [4.69, 9.17) is 10.8 Å². The maximum atomic E-state index is 9.11. The zero-order valence-corrected chi connectivity index (χ0v) is 10.2. The molecule has 0 amide bonds. The minimum absolute atomic E-state index is 0.124. The molecule has 0 aliphatic rings. The van der Waals surface area contributed by atoms with Crippen LogP contribution in [0.3, 0.4) is 0 Å². The van der Waals surface area contributed by atoms with Crippen LogP contribution in [-0.2, 0) is 19.4 Å². The summed E-state index contributed by atoms with van der Waals surface area (Å²) in [6, 6.07) is 6.31. The van der Waals surface area contributed by atoms with Crippen molar-refractivity contribution in [2.24, 2.45) is 5.73 Å². The number of aryl methyl sites for hydroxylation is 1. The third-order valence-electron chi connectivity index (χ3n) is 2.99. The van der Waals surface area contributed by atoms with Gasteiger partial charge in [0, 0.05) is 13.0 Å². The fourth-order valence-corrected chi connectivity index (χ4v) is 2.11. The van der Waals surface area contributed by atoms with Crippen molar-refractivity contribution >= 4 is 11.0 Å². The van der Waals surface area contributed by atoms with Crippen LogP contribution in [0, 0.1) is 0 Å². The van der Waals surface area contributed by atoms with Crippen LogP contribution in [0.25, 0.3) is 11.0 Å². The molecule has 4 heteroatoms. The van der Waals surface area contributed by atoms with Gasteiger partial charge >= 0.3 is 0 Å². The molecular weight excluding hydrogens is 214 g/mol. The first-order valence-electron chi connectivity index (χ1n) is 6.09. The Labute approximate surface area is 101 Å². The van der Waals surface area contributed by atoms with E-state index in [1.165, 1.54) is 5.56 Å². The quantitative estimate of drug-likeness (QED) is 0.812. The van der Waals surface area contributed by atoms with Gasteiger partial charge in [-0.3, -0.25) is 0 Å². The van der Waals surface area contributed by atoms with Gasteiger partial charge in [-0.1, -0.05) is 13.0 Å². The monoisotopic (exact) mass is 233 g/mol. The topological polar surface area (TPSA) is 64.1 Å². The normalized spacial score (nSPS) is 11.2. The molecule has 92 valence electrons. The van der Waals surface area contributed by atoms with Gasteiger partial charge in [0.1, 0.15) is 5.82 Å². The highest BCUT2D eigenvalue weighted by atomic mass is 16.3. The van der Waals surface area contributed by atoms with Crippen molar-refractivity contribution in [1.82, 2.24) is 9.55 Å². The summed E-state index contributed by atoms with van der Waals surface area (Å²) in [5.74, 6) is 0.963. The number of rotatable bonds is 5. The zero-order valence-electron chi connectivity index (χ0n) is 10.2. The smallest absolute Gasteiger partial charge is 0.111 e. The molecule has 1 heterocycles. The van der Waals surface area contributed by atoms with Gasteiger partial charge in [0.15, 0.2) is 0 Å². The predicted molar refractivity (Wildman–Crippen MR) is 69.0 cm³/mol. The maximum absolute atomic E-state index is 9.11. The number of fused-ring (bicyclic) bond motifs is 1. The van der Waals surface area contributed by atoms with Gasteiger partial charge in [-0.05, 0) is 30.7 Å². The average molecular weight is 233 g/mol. The Morgan fingerprint density at radius 1 is 1.41 bits per heavy atom. The summed E-state index contributed by atoms with van der Waals surface area (Å²) in [7, 11) is 0. The lowest BCUT2D eigenvalue weighted by Gasteiger charge is -2.06. The molecule has 0 aliphatic heterocycles. The molecule has 0 radical (unpaired) electrons. The van der Waals surface area contributed by atoms with Gasteiger partial charge in [-0.25, -0.2) is 4.98 Å². The highest BCUT2D eigenvalue weighted by Gasteiger charge is 2.09. The van der Waals surface area contributed by atoms with Gasteiger partial charge in [-0.15, -0.1) is 0 Å². The second-order valence-electron chi connectivity index (χ2n) is 4.12. The number of hydrogen-bond acceptors (Lipinski definition) is 3. The number of aliphatic hydroxyl groups is 1. The standard InChI is InChI=1S/C13H19N3O/c1-2-10-3-4-12-11(9-10)15-13(5-6-14)16(12)7-8-17/h3-4,9,17H,2,5-8,14H2,1H3. The second kappa shape index (κ2) is 5.29. The Balaban J connectivity index is 2.52. The van der Waals surface area contributed by atoms with Crippen molar-refractivity contribution < 1.29 is 5.11 Å². The fraction of sp³-hybridized carbons (Fsp3) is 0.462. The number of benzene rings is 1. The second-order valence-corrected chi connectivity index (χ2v) is 4.12. The van der Waals surface area contributed by atoms with Crippen molar-refractivity contribution in [1.29, 1.82) is 0 Å². The lowest BCUT2D eigenvalue weighted by molar-refractivity contribution is 0.276. The van der Waals surface area contributed by atoms with Crippen molar-refractivity contribution in [2.75, 3.05) is 13.2 Å². The van der Waals surface area contributed by atoms with Crippen molar-refractivity contribution in [3.05, 3.63) is 29.6 Å². The van der Waals surface area contributed by atoms with Crippen LogP contribution in [0.5, 0.6) is 0 Å². The molecule has 17 heavy (non-hydrogen) atoms. The molecule has 0 bridgehead atoms. The fourth-order valence-electron chi connectivity index (χ4n) is 2.11. The van der Waals surface area contributed by atoms with Gasteiger partial charge in [0.05, 0.1) is 17.6 Å². The Morgan fingerprint density at radius 3 is 2.88 bits per heavy atom. The summed E-state index contributed by atoms with van der Waals surface area (Å²) in [6.45, 7) is 3.41. The number of aliphatic hydroxyl groups excluding tert-OH is 1. The number of nitrogens with two attached hydrogens (primary N) is 1. The van der Waals surface area contributed by atoms with E-state index in [1.807, 2.05) is 0 Å². The van der Waals surface area contributed by atoms with Gasteiger partial charge < -0.3 is 15.4 Å². The number of imidazole rings is 1. The van der Waals surface area contributed by atoms with Crippen LogP contribution < -0.4 is 5.73 Å². The van der Waals surface area contributed by atoms with E-state index >= 15 is 0 Å². The van der Waals surface area contributed by atoms with E-state index in [2.05, 4.69) is 34.7 Å². The van der Waals surface area contributed by atoms with Crippen LogP contribution in [0.15, 0.2) is 18.2 Å². The first-order chi connectivity index (χ1) is 8.30. The summed E-state index contributed by atoms with van der Waals surface area (Å²) in [5, 5.41) is 9.11. The van der Waals surface area contributed by atoms with E-state index in [9.17, 15) is 0 Å². The average Bonchev–Trinajstić information content (AvgIpc) is 2.68. The van der Waals surface area contributed by atoms with Crippen LogP contribution in [0.2, 0.25) is 0 Å². The minimum Gasteiger partial charge on any atom is -0.395 e. The molecule has 2 rings (SSSR count). The lowest BCUT2D eigenvalue weighted by atomic mass is 10.1. The third kappa shape index (κ3) is 2.33. The Hall–Kier alpha value is -1.39. The molecule has 0 atom stereocenters. The minimum atomic E-state index is 0.124. The summed E-state index contributed by atoms with van der Waals surface area (Å²) in [4.78, 5) is 4.60. The SMILES string of the molecule is CCc1ccc2c(c1)nc(CCN)n2CCO. The molecule has 0 fully saturated rings. The van der Waals surface area contributed by atoms with Crippen LogP contribution in [0.4, 0.5) is 0 Å².